The van der Waals surface area contributed by atoms with Crippen molar-refractivity contribution in [1.82, 2.24) is 14.9 Å². The number of carbonyl (C=O) groups excluding carboxylic acids is 1. The summed E-state index contributed by atoms with van der Waals surface area (Å²) in [6.45, 7) is 2.73. The number of aromatic nitrogens is 2. The fourth-order valence-electron chi connectivity index (χ4n) is 2.64. The number of rotatable bonds is 7. The molecule has 0 aliphatic carbocycles. The molecule has 0 aliphatic rings. The Morgan fingerprint density at radius 3 is 2.35 bits per heavy atom. The van der Waals surface area contributed by atoms with Crippen molar-refractivity contribution in [3.8, 4) is 5.75 Å². The van der Waals surface area contributed by atoms with Gasteiger partial charge in [0.05, 0.1) is 0 Å². The number of amides is 1. The summed E-state index contributed by atoms with van der Waals surface area (Å²) in [6, 6.07) is 17.0. The number of hydrogen-bond donors (Lipinski definition) is 0. The lowest BCUT2D eigenvalue weighted by molar-refractivity contribution is -0.139. The number of para-hydroxylation sites is 1. The summed E-state index contributed by atoms with van der Waals surface area (Å²) in [6.07, 6.45) is 6.36. The Morgan fingerprint density at radius 2 is 1.65 bits per heavy atom. The Hall–Kier alpha value is -3.21. The lowest BCUT2D eigenvalue weighted by Crippen LogP contribution is -2.39. The van der Waals surface area contributed by atoms with E-state index in [0.29, 0.717) is 18.8 Å². The maximum atomic E-state index is 13.0. The smallest absolute Gasteiger partial charge is 0.263 e. The summed E-state index contributed by atoms with van der Waals surface area (Å²) in [5, 5.41) is 0. The molecule has 1 amide bonds. The lowest BCUT2D eigenvalue weighted by Gasteiger charge is -2.26. The molecule has 0 saturated carbocycles. The first-order valence-corrected chi connectivity index (χ1v) is 8.50. The quantitative estimate of drug-likeness (QED) is 0.657. The summed E-state index contributed by atoms with van der Waals surface area (Å²) in [5.74, 6) is 0.605. The van der Waals surface area contributed by atoms with E-state index in [4.69, 9.17) is 4.74 Å². The fraction of sp³-hybridized carbons (Fsp3) is 0.190. The molecular weight excluding hydrogens is 326 g/mol. The van der Waals surface area contributed by atoms with Gasteiger partial charge in [0.15, 0.2) is 6.10 Å². The molecule has 2 aromatic heterocycles. The van der Waals surface area contributed by atoms with Crippen LogP contribution in [0.15, 0.2) is 79.4 Å². The van der Waals surface area contributed by atoms with Crippen molar-refractivity contribution in [3.63, 3.8) is 0 Å². The zero-order valence-electron chi connectivity index (χ0n) is 14.7. The first kappa shape index (κ1) is 17.6. The monoisotopic (exact) mass is 347 g/mol. The van der Waals surface area contributed by atoms with Crippen LogP contribution in [0.5, 0.6) is 5.75 Å². The van der Waals surface area contributed by atoms with Gasteiger partial charge in [0.1, 0.15) is 5.75 Å². The number of ether oxygens (including phenoxy) is 1. The van der Waals surface area contributed by atoms with E-state index in [2.05, 4.69) is 9.97 Å². The van der Waals surface area contributed by atoms with Gasteiger partial charge >= 0.3 is 0 Å². The molecule has 26 heavy (non-hydrogen) atoms. The van der Waals surface area contributed by atoms with Crippen molar-refractivity contribution in [1.29, 1.82) is 0 Å². The Labute approximate surface area is 153 Å². The Kier molecular flexibility index (Phi) is 5.93. The third kappa shape index (κ3) is 4.89. The standard InChI is InChI=1S/C21H21N3O2/c1-17(26-20-7-3-2-4-8-20)21(25)24(15-18-9-12-22-13-10-18)16-19-6-5-11-23-14-19/h2-14,17H,15-16H2,1H3. The minimum Gasteiger partial charge on any atom is -0.481 e. The Morgan fingerprint density at radius 1 is 0.923 bits per heavy atom. The molecule has 5 heteroatoms. The van der Waals surface area contributed by atoms with Crippen molar-refractivity contribution < 1.29 is 9.53 Å². The highest BCUT2D eigenvalue weighted by atomic mass is 16.5. The molecule has 0 fully saturated rings. The van der Waals surface area contributed by atoms with E-state index < -0.39 is 6.10 Å². The number of hydrogen-bond acceptors (Lipinski definition) is 4. The molecule has 5 nitrogen and oxygen atoms in total. The van der Waals surface area contributed by atoms with Crippen LogP contribution < -0.4 is 4.74 Å². The Balaban J connectivity index is 1.75. The van der Waals surface area contributed by atoms with Gasteiger partial charge < -0.3 is 9.64 Å². The van der Waals surface area contributed by atoms with Crippen LogP contribution in [0.2, 0.25) is 0 Å². The maximum Gasteiger partial charge on any atom is 0.263 e. The third-order valence-corrected chi connectivity index (χ3v) is 3.93. The average molecular weight is 347 g/mol. The van der Waals surface area contributed by atoms with E-state index in [-0.39, 0.29) is 5.91 Å². The molecular formula is C21H21N3O2. The highest BCUT2D eigenvalue weighted by molar-refractivity contribution is 5.80. The third-order valence-electron chi connectivity index (χ3n) is 3.93. The summed E-state index contributed by atoms with van der Waals surface area (Å²) in [5.41, 5.74) is 1.99. The molecule has 3 rings (SSSR count). The summed E-state index contributed by atoms with van der Waals surface area (Å²) in [7, 11) is 0. The molecule has 0 aliphatic heterocycles. The first-order valence-electron chi connectivity index (χ1n) is 8.50. The van der Waals surface area contributed by atoms with Gasteiger partial charge in [0, 0.05) is 37.9 Å². The maximum absolute atomic E-state index is 13.0. The van der Waals surface area contributed by atoms with Gasteiger partial charge in [0.2, 0.25) is 0 Å². The zero-order valence-corrected chi connectivity index (χ0v) is 14.7. The topological polar surface area (TPSA) is 55.3 Å². The minimum absolute atomic E-state index is 0.0745. The molecule has 0 N–H and O–H groups in total. The second kappa shape index (κ2) is 8.76. The SMILES string of the molecule is CC(Oc1ccccc1)C(=O)N(Cc1ccncc1)Cc1cccnc1. The highest BCUT2D eigenvalue weighted by Gasteiger charge is 2.22. The van der Waals surface area contributed by atoms with Crippen LogP contribution in [0.3, 0.4) is 0 Å². The normalized spacial score (nSPS) is 11.6. The molecule has 3 aromatic rings. The van der Waals surface area contributed by atoms with E-state index in [1.807, 2.05) is 54.6 Å². The largest absolute Gasteiger partial charge is 0.481 e. The van der Waals surface area contributed by atoms with Gasteiger partial charge in [-0.3, -0.25) is 14.8 Å². The van der Waals surface area contributed by atoms with Crippen molar-refractivity contribution in [2.24, 2.45) is 0 Å². The Bertz CT molecular complexity index is 769. The predicted molar refractivity (Wildman–Crippen MR) is 99.3 cm³/mol. The molecule has 1 aromatic carbocycles. The van der Waals surface area contributed by atoms with Crippen LogP contribution in [0.1, 0.15) is 18.1 Å². The average Bonchev–Trinajstić information content (AvgIpc) is 2.69. The molecule has 132 valence electrons. The summed E-state index contributed by atoms with van der Waals surface area (Å²) in [4.78, 5) is 23.0. The lowest BCUT2D eigenvalue weighted by atomic mass is 10.2. The van der Waals surface area contributed by atoms with Crippen molar-refractivity contribution >= 4 is 5.91 Å². The minimum atomic E-state index is -0.587. The number of benzene rings is 1. The van der Waals surface area contributed by atoms with Crippen LogP contribution >= 0.6 is 0 Å². The van der Waals surface area contributed by atoms with Gasteiger partial charge in [0.25, 0.3) is 5.91 Å². The molecule has 0 spiro atoms. The zero-order chi connectivity index (χ0) is 18.2. The van der Waals surface area contributed by atoms with E-state index in [0.717, 1.165) is 11.1 Å². The molecule has 2 heterocycles. The van der Waals surface area contributed by atoms with Gasteiger partial charge in [-0.15, -0.1) is 0 Å². The first-order chi connectivity index (χ1) is 12.7. The molecule has 0 saturated heterocycles. The van der Waals surface area contributed by atoms with Crippen LogP contribution in [0, 0.1) is 0 Å². The predicted octanol–water partition coefficient (Wildman–Crippen LogP) is 3.47. The second-order valence-electron chi connectivity index (χ2n) is 5.98. The van der Waals surface area contributed by atoms with E-state index in [1.165, 1.54) is 0 Å². The van der Waals surface area contributed by atoms with E-state index >= 15 is 0 Å². The van der Waals surface area contributed by atoms with E-state index in [9.17, 15) is 4.79 Å². The van der Waals surface area contributed by atoms with Crippen LogP contribution in [-0.2, 0) is 17.9 Å². The molecule has 0 radical (unpaired) electrons. The van der Waals surface area contributed by atoms with Crippen LogP contribution in [0.25, 0.3) is 0 Å². The van der Waals surface area contributed by atoms with Gasteiger partial charge in [-0.25, -0.2) is 0 Å². The van der Waals surface area contributed by atoms with Crippen molar-refractivity contribution in [2.45, 2.75) is 26.1 Å². The van der Waals surface area contributed by atoms with Gasteiger partial charge in [-0.2, -0.15) is 0 Å². The summed E-state index contributed by atoms with van der Waals surface area (Å²) < 4.78 is 5.81. The highest BCUT2D eigenvalue weighted by Crippen LogP contribution is 2.15. The van der Waals surface area contributed by atoms with Crippen LogP contribution in [-0.4, -0.2) is 26.9 Å². The van der Waals surface area contributed by atoms with E-state index in [1.54, 1.807) is 36.6 Å². The molecule has 1 atom stereocenters. The number of nitrogens with zero attached hydrogens (tertiary/aromatic N) is 3. The van der Waals surface area contributed by atoms with Gasteiger partial charge in [-0.05, 0) is 48.4 Å². The number of pyridine rings is 2. The van der Waals surface area contributed by atoms with Crippen molar-refractivity contribution in [3.05, 3.63) is 90.5 Å². The molecule has 1 unspecified atom stereocenters. The van der Waals surface area contributed by atoms with Crippen LogP contribution in [0.4, 0.5) is 0 Å². The van der Waals surface area contributed by atoms with Crippen molar-refractivity contribution in [2.75, 3.05) is 0 Å². The second-order valence-corrected chi connectivity index (χ2v) is 5.98. The molecule has 0 bridgehead atoms. The number of carbonyl (C=O) groups is 1. The summed E-state index contributed by atoms with van der Waals surface area (Å²) >= 11 is 0. The fourth-order valence-corrected chi connectivity index (χ4v) is 2.64. The van der Waals surface area contributed by atoms with Gasteiger partial charge in [-0.1, -0.05) is 24.3 Å².